The van der Waals surface area contributed by atoms with Gasteiger partial charge in [0, 0.05) is 45.2 Å². The van der Waals surface area contributed by atoms with Gasteiger partial charge in [0.15, 0.2) is 4.77 Å². The summed E-state index contributed by atoms with van der Waals surface area (Å²) in [6.45, 7) is 4.39. The molecule has 30 heavy (non-hydrogen) atoms. The van der Waals surface area contributed by atoms with E-state index in [-0.39, 0.29) is 11.5 Å². The highest BCUT2D eigenvalue weighted by atomic mass is 32.1. The van der Waals surface area contributed by atoms with Crippen molar-refractivity contribution in [3.63, 3.8) is 0 Å². The predicted octanol–water partition coefficient (Wildman–Crippen LogP) is 3.71. The van der Waals surface area contributed by atoms with Gasteiger partial charge in [0.2, 0.25) is 5.91 Å². The summed E-state index contributed by atoms with van der Waals surface area (Å²) in [5.41, 5.74) is 0.743. The highest BCUT2D eigenvalue weighted by Gasteiger charge is 2.27. The van der Waals surface area contributed by atoms with E-state index in [1.807, 2.05) is 29.2 Å². The molecule has 0 bridgehead atoms. The number of aromatic nitrogens is 2. The lowest BCUT2D eigenvalue weighted by molar-refractivity contribution is -0.133. The van der Waals surface area contributed by atoms with Gasteiger partial charge in [-0.15, -0.1) is 0 Å². The largest absolute Gasteiger partial charge is 0.340 e. The predicted molar refractivity (Wildman–Crippen MR) is 122 cm³/mol. The highest BCUT2D eigenvalue weighted by molar-refractivity contribution is 7.71. The van der Waals surface area contributed by atoms with E-state index in [0.29, 0.717) is 23.1 Å². The van der Waals surface area contributed by atoms with Crippen LogP contribution in [-0.4, -0.2) is 57.5 Å². The smallest absolute Gasteiger partial charge is 0.262 e. The molecule has 1 aromatic carbocycles. The number of rotatable bonds is 7. The Labute approximate surface area is 182 Å². The molecular weight excluding hydrogens is 396 g/mol. The van der Waals surface area contributed by atoms with Crippen molar-refractivity contribution >= 4 is 29.0 Å². The molecule has 1 N–H and O–H groups in total. The molecule has 7 heteroatoms. The fraction of sp³-hybridized carbons (Fsp3) is 0.609. The molecule has 0 spiro atoms. The zero-order valence-electron chi connectivity index (χ0n) is 17.6. The molecule has 2 aliphatic rings. The Balaban J connectivity index is 1.20. The molecule has 1 saturated heterocycles. The summed E-state index contributed by atoms with van der Waals surface area (Å²) in [6, 6.07) is 8.21. The Kier molecular flexibility index (Phi) is 7.00. The second-order valence-electron chi connectivity index (χ2n) is 8.60. The molecule has 1 aliphatic heterocycles. The molecule has 2 heterocycles. The van der Waals surface area contributed by atoms with E-state index in [1.54, 1.807) is 4.57 Å². The van der Waals surface area contributed by atoms with Crippen LogP contribution in [0.5, 0.6) is 0 Å². The Morgan fingerprint density at radius 3 is 2.53 bits per heavy atom. The van der Waals surface area contributed by atoms with Gasteiger partial charge in [-0.2, -0.15) is 0 Å². The maximum Gasteiger partial charge on any atom is 0.262 e. The van der Waals surface area contributed by atoms with E-state index < -0.39 is 0 Å². The average molecular weight is 429 g/mol. The number of nitrogens with zero attached hydrogens (tertiary/aromatic N) is 3. The number of carbonyl (C=O) groups excluding carboxylic acids is 1. The van der Waals surface area contributed by atoms with Crippen LogP contribution in [0.2, 0.25) is 0 Å². The van der Waals surface area contributed by atoms with Crippen molar-refractivity contribution in [1.82, 2.24) is 19.4 Å². The first kappa shape index (κ1) is 21.2. The third kappa shape index (κ3) is 4.83. The van der Waals surface area contributed by atoms with E-state index in [9.17, 15) is 9.59 Å². The minimum Gasteiger partial charge on any atom is -0.340 e. The molecule has 2 fully saturated rings. The Hall–Kier alpha value is -1.99. The zero-order valence-corrected chi connectivity index (χ0v) is 18.5. The van der Waals surface area contributed by atoms with Gasteiger partial charge in [-0.1, -0.05) is 31.4 Å². The first-order valence-corrected chi connectivity index (χ1v) is 11.8. The molecule has 6 nitrogen and oxygen atoms in total. The summed E-state index contributed by atoms with van der Waals surface area (Å²) in [4.78, 5) is 33.0. The van der Waals surface area contributed by atoms with Crippen LogP contribution in [-0.2, 0) is 11.3 Å². The van der Waals surface area contributed by atoms with Gasteiger partial charge in [-0.3, -0.25) is 19.1 Å². The normalized spacial score (nSPS) is 18.3. The summed E-state index contributed by atoms with van der Waals surface area (Å²) in [5.74, 6) is 0.279. The number of nitrogens with one attached hydrogen (secondary N) is 1. The van der Waals surface area contributed by atoms with Gasteiger partial charge in [0.1, 0.15) is 0 Å². The molecule has 2 aromatic rings. The van der Waals surface area contributed by atoms with Crippen LogP contribution in [0.25, 0.3) is 10.9 Å². The summed E-state index contributed by atoms with van der Waals surface area (Å²) in [5, 5.41) is 0.665. The first-order valence-electron chi connectivity index (χ1n) is 11.4. The number of para-hydroxylation sites is 1. The Bertz CT molecular complexity index is 985. The molecule has 0 atom stereocenters. The second kappa shape index (κ2) is 9.88. The maximum absolute atomic E-state index is 12.7. The van der Waals surface area contributed by atoms with Crippen molar-refractivity contribution in [2.75, 3.05) is 26.2 Å². The summed E-state index contributed by atoms with van der Waals surface area (Å²) < 4.78 is 2.11. The van der Waals surface area contributed by atoms with E-state index in [2.05, 4.69) is 9.88 Å². The van der Waals surface area contributed by atoms with Crippen molar-refractivity contribution in [3.05, 3.63) is 39.4 Å². The van der Waals surface area contributed by atoms with Gasteiger partial charge >= 0.3 is 0 Å². The lowest BCUT2D eigenvalue weighted by atomic mass is 10.1. The van der Waals surface area contributed by atoms with Crippen LogP contribution >= 0.6 is 12.2 Å². The number of H-pyrrole nitrogens is 1. The van der Waals surface area contributed by atoms with Crippen molar-refractivity contribution in [3.8, 4) is 0 Å². The molecule has 1 saturated carbocycles. The second-order valence-corrected chi connectivity index (χ2v) is 8.98. The van der Waals surface area contributed by atoms with Gasteiger partial charge in [0.25, 0.3) is 5.56 Å². The average Bonchev–Trinajstić information content (AvgIpc) is 3.30. The number of unbranched alkanes of at least 4 members (excludes halogenated alkanes) is 2. The van der Waals surface area contributed by atoms with Crippen LogP contribution < -0.4 is 5.56 Å². The third-order valence-electron chi connectivity index (χ3n) is 6.67. The molecule has 1 aliphatic carbocycles. The molecule has 1 aromatic heterocycles. The molecule has 162 valence electrons. The van der Waals surface area contributed by atoms with Gasteiger partial charge in [-0.25, -0.2) is 0 Å². The first-order chi connectivity index (χ1) is 14.6. The molecule has 0 radical (unpaired) electrons. The number of benzene rings is 1. The van der Waals surface area contributed by atoms with Gasteiger partial charge < -0.3 is 9.88 Å². The van der Waals surface area contributed by atoms with E-state index >= 15 is 0 Å². The van der Waals surface area contributed by atoms with Gasteiger partial charge in [0.05, 0.1) is 10.9 Å². The molecule has 1 amide bonds. The van der Waals surface area contributed by atoms with Crippen molar-refractivity contribution in [2.24, 2.45) is 0 Å². The van der Waals surface area contributed by atoms with E-state index in [0.717, 1.165) is 57.0 Å². The van der Waals surface area contributed by atoms with Crippen molar-refractivity contribution < 1.29 is 4.79 Å². The standard InChI is InChI=1S/C23H32N4O2S/c28-21(26-16-14-25(15-17-26)18-8-3-4-9-18)12-2-1-7-13-27-22(29)19-10-5-6-11-20(19)24-23(27)30/h5-6,10-11,18H,1-4,7-9,12-17H2,(H,24,30). The number of carbonyl (C=O) groups is 1. The zero-order chi connectivity index (χ0) is 20.9. The minimum absolute atomic E-state index is 0.0365. The third-order valence-corrected chi connectivity index (χ3v) is 6.99. The highest BCUT2D eigenvalue weighted by Crippen LogP contribution is 2.24. The molecule has 4 rings (SSSR count). The van der Waals surface area contributed by atoms with Crippen molar-refractivity contribution in [1.29, 1.82) is 0 Å². The lowest BCUT2D eigenvalue weighted by Crippen LogP contribution is -2.51. The maximum atomic E-state index is 12.7. The summed E-state index contributed by atoms with van der Waals surface area (Å²) >= 11 is 5.36. The van der Waals surface area contributed by atoms with E-state index in [4.69, 9.17) is 12.2 Å². The number of aromatic amines is 1. The number of hydrogen-bond donors (Lipinski definition) is 1. The fourth-order valence-corrected chi connectivity index (χ4v) is 5.17. The molecular formula is C23H32N4O2S. The van der Waals surface area contributed by atoms with Crippen LogP contribution in [0.4, 0.5) is 0 Å². The lowest BCUT2D eigenvalue weighted by Gasteiger charge is -2.38. The number of amides is 1. The van der Waals surface area contributed by atoms with Gasteiger partial charge in [-0.05, 0) is 50.0 Å². The van der Waals surface area contributed by atoms with Crippen LogP contribution in [0, 0.1) is 4.77 Å². The van der Waals surface area contributed by atoms with Crippen LogP contribution in [0.1, 0.15) is 51.4 Å². The summed E-state index contributed by atoms with van der Waals surface area (Å²) in [6.07, 6.45) is 8.61. The SMILES string of the molecule is O=C(CCCCCn1c(=S)[nH]c2ccccc2c1=O)N1CCN(C2CCCC2)CC1. The minimum atomic E-state index is -0.0365. The number of piperazine rings is 1. The van der Waals surface area contributed by atoms with Crippen LogP contribution in [0.15, 0.2) is 29.1 Å². The topological polar surface area (TPSA) is 61.3 Å². The summed E-state index contributed by atoms with van der Waals surface area (Å²) in [7, 11) is 0. The monoisotopic (exact) mass is 428 g/mol. The fourth-order valence-electron chi connectivity index (χ4n) is 4.89. The molecule has 0 unspecified atom stereocenters. The quantitative estimate of drug-likeness (QED) is 0.540. The van der Waals surface area contributed by atoms with E-state index in [1.165, 1.54) is 25.7 Å². The van der Waals surface area contributed by atoms with Crippen molar-refractivity contribution in [2.45, 2.75) is 64.0 Å². The Morgan fingerprint density at radius 1 is 1.03 bits per heavy atom. The number of hydrogen-bond acceptors (Lipinski definition) is 4. The van der Waals surface area contributed by atoms with Crippen LogP contribution in [0.3, 0.4) is 0 Å². The number of fused-ring (bicyclic) bond motifs is 1. The Morgan fingerprint density at radius 2 is 1.77 bits per heavy atom.